The van der Waals surface area contributed by atoms with Crippen molar-refractivity contribution in [3.05, 3.63) is 76.0 Å². The van der Waals surface area contributed by atoms with E-state index in [0.29, 0.717) is 0 Å². The van der Waals surface area contributed by atoms with Gasteiger partial charge in [-0.3, -0.25) is 15.0 Å². The number of unbranched alkanes of at least 4 members (excludes halogenated alkanes) is 1. The van der Waals surface area contributed by atoms with Crippen LogP contribution in [0.5, 0.6) is 5.75 Å². The molecule has 1 N–H and O–H groups in total. The van der Waals surface area contributed by atoms with Gasteiger partial charge in [0.1, 0.15) is 5.75 Å². The molecule has 0 amide bonds. The Morgan fingerprint density at radius 1 is 1.17 bits per heavy atom. The van der Waals surface area contributed by atoms with Crippen LogP contribution in [0, 0.1) is 10.1 Å². The van der Waals surface area contributed by atoms with E-state index in [1.54, 1.807) is 25.3 Å². The molecule has 2 heterocycles. The topological polar surface area (TPSA) is 71.4 Å². The zero-order valence-corrected chi connectivity index (χ0v) is 17.3. The number of nitro benzene ring substituents is 1. The summed E-state index contributed by atoms with van der Waals surface area (Å²) in [7, 11) is 1.69. The number of rotatable bonds is 8. The lowest BCUT2D eigenvalue weighted by Crippen LogP contribution is -2.29. The van der Waals surface area contributed by atoms with Gasteiger partial charge in [0.2, 0.25) is 0 Å². The summed E-state index contributed by atoms with van der Waals surface area (Å²) < 4.78 is 5.24. The predicted molar refractivity (Wildman–Crippen MR) is 120 cm³/mol. The molecule has 0 saturated carbocycles. The molecule has 2 aromatic carbocycles. The van der Waals surface area contributed by atoms with Gasteiger partial charge in [-0.05, 0) is 67.1 Å². The maximum atomic E-state index is 11.0. The minimum absolute atomic E-state index is 0.149. The fourth-order valence-electron chi connectivity index (χ4n) is 4.12. The van der Waals surface area contributed by atoms with E-state index in [-0.39, 0.29) is 10.6 Å². The number of aromatic amines is 1. The van der Waals surface area contributed by atoms with Gasteiger partial charge in [-0.1, -0.05) is 18.2 Å². The van der Waals surface area contributed by atoms with Gasteiger partial charge in [0.25, 0.3) is 5.69 Å². The molecule has 0 fully saturated rings. The molecule has 4 rings (SSSR count). The number of aryl methyl sites for hydroxylation is 1. The SMILES string of the molecule is COc1ccc(C2=CCN(CCCCc3c[nH]c4ccc([N+](=O)[O-])cc34)CC2)cc1. The van der Waals surface area contributed by atoms with E-state index in [2.05, 4.69) is 28.1 Å². The van der Waals surface area contributed by atoms with Crippen LogP contribution in [0.1, 0.15) is 30.4 Å². The summed E-state index contributed by atoms with van der Waals surface area (Å²) in [6.45, 7) is 3.15. The zero-order chi connectivity index (χ0) is 20.9. The quantitative estimate of drug-likeness (QED) is 0.318. The number of nitro groups is 1. The number of nitrogens with one attached hydrogen (secondary N) is 1. The minimum Gasteiger partial charge on any atom is -0.497 e. The molecule has 1 aliphatic heterocycles. The largest absolute Gasteiger partial charge is 0.497 e. The molecule has 156 valence electrons. The highest BCUT2D eigenvalue weighted by molar-refractivity contribution is 5.85. The molecule has 3 aromatic rings. The molecule has 0 spiro atoms. The van der Waals surface area contributed by atoms with E-state index in [1.165, 1.54) is 11.1 Å². The average molecular weight is 405 g/mol. The van der Waals surface area contributed by atoms with Crippen LogP contribution in [-0.2, 0) is 6.42 Å². The standard InChI is InChI=1S/C24H27N3O3/c1-30-22-8-5-18(6-9-22)19-11-14-26(15-12-19)13-3-2-4-20-17-25-24-10-7-21(27(28)29)16-23(20)24/h5-11,16-17,25H,2-4,12-15H2,1H3. The molecule has 1 aromatic heterocycles. The number of methoxy groups -OCH3 is 1. The Morgan fingerprint density at radius 3 is 2.70 bits per heavy atom. The van der Waals surface area contributed by atoms with Crippen LogP contribution >= 0.6 is 0 Å². The van der Waals surface area contributed by atoms with Crippen molar-refractivity contribution in [1.29, 1.82) is 0 Å². The van der Waals surface area contributed by atoms with Crippen molar-refractivity contribution in [3.63, 3.8) is 0 Å². The molecular weight excluding hydrogens is 378 g/mol. The third-order valence-electron chi connectivity index (χ3n) is 5.89. The van der Waals surface area contributed by atoms with Crippen LogP contribution in [0.4, 0.5) is 5.69 Å². The highest BCUT2D eigenvalue weighted by Gasteiger charge is 2.14. The van der Waals surface area contributed by atoms with Crippen LogP contribution in [0.2, 0.25) is 0 Å². The molecule has 6 heteroatoms. The first-order valence-corrected chi connectivity index (χ1v) is 10.4. The average Bonchev–Trinajstić information content (AvgIpc) is 3.19. The Balaban J connectivity index is 1.26. The van der Waals surface area contributed by atoms with Gasteiger partial charge in [0.15, 0.2) is 0 Å². The van der Waals surface area contributed by atoms with E-state index in [4.69, 9.17) is 4.74 Å². The molecule has 0 unspecified atom stereocenters. The van der Waals surface area contributed by atoms with Gasteiger partial charge >= 0.3 is 0 Å². The Bertz CT molecular complexity index is 1050. The Morgan fingerprint density at radius 2 is 2.00 bits per heavy atom. The molecule has 1 aliphatic rings. The van der Waals surface area contributed by atoms with Crippen LogP contribution in [-0.4, -0.2) is 41.6 Å². The van der Waals surface area contributed by atoms with E-state index in [0.717, 1.165) is 67.5 Å². The predicted octanol–water partition coefficient (Wildman–Crippen LogP) is 5.20. The first-order chi connectivity index (χ1) is 14.6. The second kappa shape index (κ2) is 9.13. The number of non-ortho nitro benzene ring substituents is 1. The van der Waals surface area contributed by atoms with Gasteiger partial charge in [-0.15, -0.1) is 0 Å². The van der Waals surface area contributed by atoms with Gasteiger partial charge in [-0.2, -0.15) is 0 Å². The summed E-state index contributed by atoms with van der Waals surface area (Å²) in [5.41, 5.74) is 4.96. The van der Waals surface area contributed by atoms with Gasteiger partial charge in [-0.25, -0.2) is 0 Å². The summed E-state index contributed by atoms with van der Waals surface area (Å²) in [6, 6.07) is 13.3. The van der Waals surface area contributed by atoms with E-state index >= 15 is 0 Å². The normalized spacial score (nSPS) is 14.6. The fraction of sp³-hybridized carbons (Fsp3) is 0.333. The Kier molecular flexibility index (Phi) is 6.14. The number of aromatic nitrogens is 1. The smallest absolute Gasteiger partial charge is 0.270 e. The molecule has 6 nitrogen and oxygen atoms in total. The third-order valence-corrected chi connectivity index (χ3v) is 5.89. The number of hydrogen-bond acceptors (Lipinski definition) is 4. The van der Waals surface area contributed by atoms with E-state index < -0.39 is 0 Å². The molecule has 0 bridgehead atoms. The van der Waals surface area contributed by atoms with Crippen LogP contribution in [0.25, 0.3) is 16.5 Å². The Labute approximate surface area is 176 Å². The minimum atomic E-state index is -0.333. The molecule has 30 heavy (non-hydrogen) atoms. The zero-order valence-electron chi connectivity index (χ0n) is 17.3. The molecular formula is C24H27N3O3. The number of ether oxygens (including phenoxy) is 1. The summed E-state index contributed by atoms with van der Waals surface area (Å²) in [4.78, 5) is 16.4. The van der Waals surface area contributed by atoms with Crippen molar-refractivity contribution < 1.29 is 9.66 Å². The summed E-state index contributed by atoms with van der Waals surface area (Å²) in [5.74, 6) is 0.890. The Hall–Kier alpha value is -3.12. The highest BCUT2D eigenvalue weighted by atomic mass is 16.6. The fourth-order valence-corrected chi connectivity index (χ4v) is 4.12. The van der Waals surface area contributed by atoms with Gasteiger partial charge in [0, 0.05) is 42.3 Å². The highest BCUT2D eigenvalue weighted by Crippen LogP contribution is 2.26. The molecule has 0 atom stereocenters. The monoisotopic (exact) mass is 405 g/mol. The van der Waals surface area contributed by atoms with Crippen molar-refractivity contribution in [2.45, 2.75) is 25.7 Å². The van der Waals surface area contributed by atoms with Gasteiger partial charge in [0.05, 0.1) is 12.0 Å². The van der Waals surface area contributed by atoms with Crippen molar-refractivity contribution in [3.8, 4) is 5.75 Å². The van der Waals surface area contributed by atoms with Crippen molar-refractivity contribution >= 4 is 22.2 Å². The van der Waals surface area contributed by atoms with Crippen LogP contribution < -0.4 is 4.74 Å². The maximum absolute atomic E-state index is 11.0. The van der Waals surface area contributed by atoms with Crippen LogP contribution in [0.15, 0.2) is 54.7 Å². The van der Waals surface area contributed by atoms with Gasteiger partial charge < -0.3 is 9.72 Å². The van der Waals surface area contributed by atoms with Crippen LogP contribution in [0.3, 0.4) is 0 Å². The second-order valence-electron chi connectivity index (χ2n) is 7.77. The number of nitrogens with zero attached hydrogens (tertiary/aromatic N) is 2. The van der Waals surface area contributed by atoms with Crippen molar-refractivity contribution in [2.24, 2.45) is 0 Å². The lowest BCUT2D eigenvalue weighted by molar-refractivity contribution is -0.384. The third kappa shape index (κ3) is 4.54. The summed E-state index contributed by atoms with van der Waals surface area (Å²) in [6.07, 6.45) is 8.51. The van der Waals surface area contributed by atoms with Crippen molar-refractivity contribution in [1.82, 2.24) is 9.88 Å². The molecule has 0 radical (unpaired) electrons. The van der Waals surface area contributed by atoms with Crippen molar-refractivity contribution in [2.75, 3.05) is 26.7 Å². The van der Waals surface area contributed by atoms with E-state index in [1.807, 2.05) is 18.3 Å². The lowest BCUT2D eigenvalue weighted by Gasteiger charge is -2.26. The number of H-pyrrole nitrogens is 1. The first kappa shape index (κ1) is 20.2. The number of benzene rings is 2. The second-order valence-corrected chi connectivity index (χ2v) is 7.77. The number of hydrogen-bond donors (Lipinski definition) is 1. The lowest BCUT2D eigenvalue weighted by atomic mass is 9.99. The summed E-state index contributed by atoms with van der Waals surface area (Å²) in [5, 5.41) is 12.0. The molecule has 0 saturated heterocycles. The number of fused-ring (bicyclic) bond motifs is 1. The first-order valence-electron chi connectivity index (χ1n) is 10.4. The van der Waals surface area contributed by atoms with E-state index in [9.17, 15) is 10.1 Å². The maximum Gasteiger partial charge on any atom is 0.270 e. The summed E-state index contributed by atoms with van der Waals surface area (Å²) >= 11 is 0. The molecule has 0 aliphatic carbocycles.